The summed E-state index contributed by atoms with van der Waals surface area (Å²) < 4.78 is 4.96. The van der Waals surface area contributed by atoms with E-state index in [-0.39, 0.29) is 17.7 Å². The molecule has 1 rings (SSSR count). The Morgan fingerprint density at radius 1 is 1.47 bits per heavy atom. The quantitative estimate of drug-likeness (QED) is 0.717. The molecule has 1 aliphatic heterocycles. The van der Waals surface area contributed by atoms with Crippen molar-refractivity contribution in [2.45, 2.75) is 33.1 Å². The standard InChI is InChI=1S/C14H26N2O3/c1-4-11(5-2)9-15-14(18)12-8-13(17)16(10-12)6-7-19-3/h11-12H,4-10H2,1-3H3,(H,15,18). The second kappa shape index (κ2) is 8.15. The van der Waals surface area contributed by atoms with Gasteiger partial charge in [0.05, 0.1) is 12.5 Å². The van der Waals surface area contributed by atoms with Crippen molar-refractivity contribution in [1.82, 2.24) is 10.2 Å². The Morgan fingerprint density at radius 2 is 2.16 bits per heavy atom. The highest BCUT2D eigenvalue weighted by Crippen LogP contribution is 2.18. The van der Waals surface area contributed by atoms with E-state index in [1.807, 2.05) is 0 Å². The number of carbonyl (C=O) groups is 2. The van der Waals surface area contributed by atoms with Gasteiger partial charge in [-0.15, -0.1) is 0 Å². The smallest absolute Gasteiger partial charge is 0.225 e. The molecule has 0 aromatic carbocycles. The van der Waals surface area contributed by atoms with Gasteiger partial charge < -0.3 is 15.0 Å². The van der Waals surface area contributed by atoms with Crippen molar-refractivity contribution in [2.75, 3.05) is 33.4 Å². The highest BCUT2D eigenvalue weighted by Gasteiger charge is 2.33. The predicted molar refractivity (Wildman–Crippen MR) is 73.6 cm³/mol. The normalized spacial score (nSPS) is 19.3. The number of ether oxygens (including phenoxy) is 1. The number of nitrogens with one attached hydrogen (secondary N) is 1. The van der Waals surface area contributed by atoms with E-state index < -0.39 is 0 Å². The Labute approximate surface area is 115 Å². The summed E-state index contributed by atoms with van der Waals surface area (Å²) in [5, 5.41) is 2.97. The number of rotatable bonds is 8. The number of carbonyl (C=O) groups excluding carboxylic acids is 2. The summed E-state index contributed by atoms with van der Waals surface area (Å²) in [5.74, 6) is 0.407. The van der Waals surface area contributed by atoms with Crippen LogP contribution in [-0.2, 0) is 14.3 Å². The summed E-state index contributed by atoms with van der Waals surface area (Å²) in [6, 6.07) is 0. The Kier molecular flexibility index (Phi) is 6.84. The second-order valence-corrected chi connectivity index (χ2v) is 5.16. The number of hydrogen-bond acceptors (Lipinski definition) is 3. The van der Waals surface area contributed by atoms with E-state index in [0.717, 1.165) is 12.8 Å². The zero-order valence-corrected chi connectivity index (χ0v) is 12.3. The lowest BCUT2D eigenvalue weighted by Gasteiger charge is -2.17. The maximum atomic E-state index is 12.0. The molecule has 0 saturated carbocycles. The summed E-state index contributed by atoms with van der Waals surface area (Å²) in [4.78, 5) is 25.5. The van der Waals surface area contributed by atoms with Gasteiger partial charge in [-0.2, -0.15) is 0 Å². The largest absolute Gasteiger partial charge is 0.383 e. The first kappa shape index (κ1) is 16.0. The van der Waals surface area contributed by atoms with Gasteiger partial charge in [0, 0.05) is 33.2 Å². The molecule has 5 heteroatoms. The minimum absolute atomic E-state index is 0.0140. The molecule has 19 heavy (non-hydrogen) atoms. The first-order chi connectivity index (χ1) is 9.12. The van der Waals surface area contributed by atoms with Crippen LogP contribution in [0, 0.1) is 11.8 Å². The molecule has 2 amide bonds. The first-order valence-electron chi connectivity index (χ1n) is 7.16. The van der Waals surface area contributed by atoms with Crippen LogP contribution in [0.2, 0.25) is 0 Å². The second-order valence-electron chi connectivity index (χ2n) is 5.16. The molecule has 0 spiro atoms. The lowest BCUT2D eigenvalue weighted by molar-refractivity contribution is -0.129. The third kappa shape index (κ3) is 4.82. The fourth-order valence-corrected chi connectivity index (χ4v) is 2.33. The van der Waals surface area contributed by atoms with Crippen LogP contribution in [0.5, 0.6) is 0 Å². The molecule has 1 aliphatic rings. The van der Waals surface area contributed by atoms with E-state index >= 15 is 0 Å². The number of methoxy groups -OCH3 is 1. The molecule has 0 aromatic rings. The van der Waals surface area contributed by atoms with Crippen molar-refractivity contribution in [2.24, 2.45) is 11.8 Å². The molecule has 1 saturated heterocycles. The summed E-state index contributed by atoms with van der Waals surface area (Å²) in [5.41, 5.74) is 0. The van der Waals surface area contributed by atoms with Crippen LogP contribution in [-0.4, -0.2) is 50.1 Å². The molecular weight excluding hydrogens is 244 g/mol. The third-order valence-corrected chi connectivity index (χ3v) is 3.87. The van der Waals surface area contributed by atoms with Crippen LogP contribution in [0.3, 0.4) is 0 Å². The van der Waals surface area contributed by atoms with E-state index in [1.54, 1.807) is 12.0 Å². The molecule has 1 fully saturated rings. The van der Waals surface area contributed by atoms with E-state index in [0.29, 0.717) is 38.6 Å². The predicted octanol–water partition coefficient (Wildman–Crippen LogP) is 1.03. The molecule has 110 valence electrons. The van der Waals surface area contributed by atoms with E-state index in [9.17, 15) is 9.59 Å². The topological polar surface area (TPSA) is 58.6 Å². The Bertz CT molecular complexity index is 303. The fraction of sp³-hybridized carbons (Fsp3) is 0.857. The van der Waals surface area contributed by atoms with Gasteiger partial charge in [0.25, 0.3) is 0 Å². The SMILES string of the molecule is CCC(CC)CNC(=O)C1CC(=O)N(CCOC)C1. The van der Waals surface area contributed by atoms with Crippen molar-refractivity contribution in [1.29, 1.82) is 0 Å². The highest BCUT2D eigenvalue weighted by atomic mass is 16.5. The zero-order chi connectivity index (χ0) is 14.3. The van der Waals surface area contributed by atoms with Crippen molar-refractivity contribution >= 4 is 11.8 Å². The lowest BCUT2D eigenvalue weighted by Crippen LogP contribution is -2.36. The van der Waals surface area contributed by atoms with Gasteiger partial charge in [0.2, 0.25) is 11.8 Å². The van der Waals surface area contributed by atoms with Crippen LogP contribution >= 0.6 is 0 Å². The zero-order valence-electron chi connectivity index (χ0n) is 12.3. The summed E-state index contributed by atoms with van der Waals surface area (Å²) in [7, 11) is 1.61. The van der Waals surface area contributed by atoms with Gasteiger partial charge >= 0.3 is 0 Å². The molecule has 1 N–H and O–H groups in total. The van der Waals surface area contributed by atoms with Gasteiger partial charge in [-0.25, -0.2) is 0 Å². The van der Waals surface area contributed by atoms with Gasteiger partial charge in [0.15, 0.2) is 0 Å². The minimum Gasteiger partial charge on any atom is -0.383 e. The number of hydrogen-bond donors (Lipinski definition) is 1. The van der Waals surface area contributed by atoms with E-state index in [1.165, 1.54) is 0 Å². The average Bonchev–Trinajstić information content (AvgIpc) is 2.78. The van der Waals surface area contributed by atoms with Gasteiger partial charge in [-0.1, -0.05) is 26.7 Å². The molecule has 1 heterocycles. The molecule has 0 bridgehead atoms. The van der Waals surface area contributed by atoms with Crippen molar-refractivity contribution < 1.29 is 14.3 Å². The molecular formula is C14H26N2O3. The van der Waals surface area contributed by atoms with Crippen LogP contribution in [0.4, 0.5) is 0 Å². The third-order valence-electron chi connectivity index (χ3n) is 3.87. The van der Waals surface area contributed by atoms with E-state index in [2.05, 4.69) is 19.2 Å². The van der Waals surface area contributed by atoms with Crippen LogP contribution in [0.25, 0.3) is 0 Å². The molecule has 0 radical (unpaired) electrons. The molecule has 5 nitrogen and oxygen atoms in total. The van der Waals surface area contributed by atoms with Gasteiger partial charge in [0.1, 0.15) is 0 Å². The Balaban J connectivity index is 2.36. The first-order valence-corrected chi connectivity index (χ1v) is 7.16. The van der Waals surface area contributed by atoms with Crippen molar-refractivity contribution in [3.8, 4) is 0 Å². The number of likely N-dealkylation sites (tertiary alicyclic amines) is 1. The summed E-state index contributed by atoms with van der Waals surface area (Å²) in [6.07, 6.45) is 2.47. The Hall–Kier alpha value is -1.10. The van der Waals surface area contributed by atoms with Crippen LogP contribution in [0.15, 0.2) is 0 Å². The minimum atomic E-state index is -0.196. The lowest BCUT2D eigenvalue weighted by atomic mass is 10.0. The molecule has 0 aliphatic carbocycles. The summed E-state index contributed by atoms with van der Waals surface area (Å²) >= 11 is 0. The van der Waals surface area contributed by atoms with Crippen molar-refractivity contribution in [3.05, 3.63) is 0 Å². The Morgan fingerprint density at radius 3 is 2.74 bits per heavy atom. The monoisotopic (exact) mass is 270 g/mol. The van der Waals surface area contributed by atoms with Crippen molar-refractivity contribution in [3.63, 3.8) is 0 Å². The van der Waals surface area contributed by atoms with Crippen LogP contribution < -0.4 is 5.32 Å². The molecule has 1 unspecified atom stereocenters. The summed E-state index contributed by atoms with van der Waals surface area (Å²) in [6.45, 7) is 6.60. The highest BCUT2D eigenvalue weighted by molar-refractivity contribution is 5.89. The fourth-order valence-electron chi connectivity index (χ4n) is 2.33. The molecule has 0 aromatic heterocycles. The van der Waals surface area contributed by atoms with Gasteiger partial charge in [-0.05, 0) is 5.92 Å². The van der Waals surface area contributed by atoms with Gasteiger partial charge in [-0.3, -0.25) is 9.59 Å². The number of amides is 2. The maximum Gasteiger partial charge on any atom is 0.225 e. The number of nitrogens with zero attached hydrogens (tertiary/aromatic N) is 1. The van der Waals surface area contributed by atoms with E-state index in [4.69, 9.17) is 4.74 Å². The van der Waals surface area contributed by atoms with Crippen LogP contribution in [0.1, 0.15) is 33.1 Å². The average molecular weight is 270 g/mol. The molecule has 1 atom stereocenters. The maximum absolute atomic E-state index is 12.0.